The number of hydrogen-bond acceptors (Lipinski definition) is 7. The van der Waals surface area contributed by atoms with Crippen LogP contribution in [0.15, 0.2) is 35.7 Å². The number of carbonyl (C=O) groups excluding carboxylic acids is 1. The van der Waals surface area contributed by atoms with E-state index in [9.17, 15) is 18.0 Å². The van der Waals surface area contributed by atoms with Crippen LogP contribution in [0.4, 0.5) is 24.8 Å². The number of likely N-dealkylation sites (tertiary alicyclic amines) is 1. The zero-order valence-corrected chi connectivity index (χ0v) is 16.2. The van der Waals surface area contributed by atoms with Gasteiger partial charge in [-0.3, -0.25) is 10.2 Å². The first-order valence-electron chi connectivity index (χ1n) is 8.79. The van der Waals surface area contributed by atoms with Gasteiger partial charge in [-0.05, 0) is 18.2 Å². The normalized spacial score (nSPS) is 17.9. The summed E-state index contributed by atoms with van der Waals surface area (Å²) in [5.74, 6) is -4.55. The van der Waals surface area contributed by atoms with Crippen LogP contribution in [-0.2, 0) is 0 Å². The standard InChI is InChI=1S/C18H17ClF3N7O/c19-11-8-24-17(25-9-11)26-10-15-18(21,22)3-6-29(15)16(30)13-7-12(20)1-2-14(13)28-27-5-4-23/h1-2,4-5,7-9,15,23,28H,3,6,10H2,(H,24,25,26)/b23-4?,27-5-. The fraction of sp³-hybridized carbons (Fsp3) is 0.278. The van der Waals surface area contributed by atoms with Crippen LogP contribution in [0, 0.1) is 11.2 Å². The van der Waals surface area contributed by atoms with Gasteiger partial charge in [-0.15, -0.1) is 0 Å². The van der Waals surface area contributed by atoms with Crippen molar-refractivity contribution in [3.05, 3.63) is 47.0 Å². The molecule has 2 aromatic rings. The highest BCUT2D eigenvalue weighted by Crippen LogP contribution is 2.36. The van der Waals surface area contributed by atoms with Crippen molar-refractivity contribution < 1.29 is 18.0 Å². The molecule has 1 aliphatic heterocycles. The molecule has 1 aromatic carbocycles. The molecule has 158 valence electrons. The number of anilines is 2. The number of halogens is 4. The van der Waals surface area contributed by atoms with E-state index in [0.29, 0.717) is 5.02 Å². The lowest BCUT2D eigenvalue weighted by atomic mass is 10.1. The predicted octanol–water partition coefficient (Wildman–Crippen LogP) is 3.28. The van der Waals surface area contributed by atoms with Crippen molar-refractivity contribution in [2.75, 3.05) is 23.8 Å². The second-order valence-electron chi connectivity index (χ2n) is 6.38. The Bertz CT molecular complexity index is 955. The van der Waals surface area contributed by atoms with E-state index in [-0.39, 0.29) is 30.3 Å². The minimum absolute atomic E-state index is 0.0867. The Labute approximate surface area is 174 Å². The van der Waals surface area contributed by atoms with E-state index in [1.807, 2.05) is 0 Å². The number of amides is 1. The van der Waals surface area contributed by atoms with Gasteiger partial charge in [0, 0.05) is 25.7 Å². The predicted molar refractivity (Wildman–Crippen MR) is 107 cm³/mol. The molecule has 3 rings (SSSR count). The molecular formula is C18H17ClF3N7O. The number of alkyl halides is 2. The van der Waals surface area contributed by atoms with Crippen LogP contribution in [0.25, 0.3) is 0 Å². The Morgan fingerprint density at radius 3 is 2.83 bits per heavy atom. The largest absolute Gasteiger partial charge is 0.352 e. The zero-order valence-electron chi connectivity index (χ0n) is 15.4. The summed E-state index contributed by atoms with van der Waals surface area (Å²) in [7, 11) is 0. The molecule has 1 aromatic heterocycles. The maximum atomic E-state index is 14.5. The number of rotatable bonds is 7. The smallest absolute Gasteiger partial charge is 0.271 e. The number of benzene rings is 1. The number of nitrogens with one attached hydrogen (secondary N) is 3. The SMILES string of the molecule is N=C/C=N\Nc1ccc(F)cc1C(=O)N1CCC(F)(F)C1CNc1ncc(Cl)cn1. The van der Waals surface area contributed by atoms with E-state index < -0.39 is 30.1 Å². The molecular weight excluding hydrogens is 423 g/mol. The van der Waals surface area contributed by atoms with Crippen molar-refractivity contribution in [3.63, 3.8) is 0 Å². The molecule has 1 fully saturated rings. The highest BCUT2D eigenvalue weighted by Gasteiger charge is 2.50. The molecule has 1 atom stereocenters. The topological polar surface area (TPSA) is 106 Å². The molecule has 0 saturated carbocycles. The van der Waals surface area contributed by atoms with Crippen LogP contribution in [0.2, 0.25) is 5.02 Å². The van der Waals surface area contributed by atoms with Gasteiger partial charge in [-0.2, -0.15) is 5.10 Å². The molecule has 1 amide bonds. The van der Waals surface area contributed by atoms with Gasteiger partial charge in [0.15, 0.2) is 0 Å². The molecule has 2 heterocycles. The van der Waals surface area contributed by atoms with Gasteiger partial charge in [0.2, 0.25) is 5.95 Å². The minimum Gasteiger partial charge on any atom is -0.352 e. The van der Waals surface area contributed by atoms with E-state index in [1.165, 1.54) is 18.5 Å². The van der Waals surface area contributed by atoms with Gasteiger partial charge < -0.3 is 15.6 Å². The molecule has 0 aliphatic carbocycles. The molecule has 0 radical (unpaired) electrons. The maximum Gasteiger partial charge on any atom is 0.271 e. The Morgan fingerprint density at radius 2 is 2.13 bits per heavy atom. The first-order chi connectivity index (χ1) is 14.3. The lowest BCUT2D eigenvalue weighted by Gasteiger charge is -2.28. The second kappa shape index (κ2) is 9.08. The fourth-order valence-electron chi connectivity index (χ4n) is 3.00. The highest BCUT2D eigenvalue weighted by molar-refractivity contribution is 6.30. The van der Waals surface area contributed by atoms with E-state index >= 15 is 0 Å². The average molecular weight is 440 g/mol. The van der Waals surface area contributed by atoms with Crippen molar-refractivity contribution in [1.29, 1.82) is 5.41 Å². The third-order valence-electron chi connectivity index (χ3n) is 4.43. The van der Waals surface area contributed by atoms with Crippen molar-refractivity contribution in [2.24, 2.45) is 5.10 Å². The van der Waals surface area contributed by atoms with Crippen LogP contribution < -0.4 is 10.7 Å². The second-order valence-corrected chi connectivity index (χ2v) is 6.81. The van der Waals surface area contributed by atoms with Gasteiger partial charge in [-0.25, -0.2) is 23.1 Å². The highest BCUT2D eigenvalue weighted by atomic mass is 35.5. The van der Waals surface area contributed by atoms with E-state index in [0.717, 1.165) is 29.5 Å². The number of carbonyl (C=O) groups is 1. The summed E-state index contributed by atoms with van der Waals surface area (Å²) in [5.41, 5.74) is 2.49. The maximum absolute atomic E-state index is 14.5. The molecule has 12 heteroatoms. The van der Waals surface area contributed by atoms with Crippen molar-refractivity contribution in [3.8, 4) is 0 Å². The summed E-state index contributed by atoms with van der Waals surface area (Å²) in [6.45, 7) is -0.524. The fourth-order valence-corrected chi connectivity index (χ4v) is 3.10. The lowest BCUT2D eigenvalue weighted by molar-refractivity contribution is -0.0248. The van der Waals surface area contributed by atoms with Gasteiger partial charge in [0.1, 0.15) is 11.9 Å². The molecule has 0 spiro atoms. The molecule has 30 heavy (non-hydrogen) atoms. The molecule has 3 N–H and O–H groups in total. The van der Waals surface area contributed by atoms with Crippen LogP contribution in [0.3, 0.4) is 0 Å². The van der Waals surface area contributed by atoms with Gasteiger partial charge in [0.25, 0.3) is 11.8 Å². The van der Waals surface area contributed by atoms with Crippen LogP contribution in [0.5, 0.6) is 0 Å². The summed E-state index contributed by atoms with van der Waals surface area (Å²) >= 11 is 5.71. The summed E-state index contributed by atoms with van der Waals surface area (Å²) in [6.07, 6.45) is 4.11. The van der Waals surface area contributed by atoms with E-state index in [4.69, 9.17) is 17.0 Å². The molecule has 1 unspecified atom stereocenters. The Kier molecular flexibility index (Phi) is 6.50. The quantitative estimate of drug-likeness (QED) is 0.453. The molecule has 8 nitrogen and oxygen atoms in total. The first-order valence-corrected chi connectivity index (χ1v) is 9.17. The lowest BCUT2D eigenvalue weighted by Crippen LogP contribution is -2.47. The van der Waals surface area contributed by atoms with Crippen LogP contribution in [-0.4, -0.2) is 58.3 Å². The van der Waals surface area contributed by atoms with E-state index in [1.54, 1.807) is 0 Å². The molecule has 1 aliphatic rings. The Balaban J connectivity index is 1.83. The third kappa shape index (κ3) is 4.85. The third-order valence-corrected chi connectivity index (χ3v) is 4.63. The number of aromatic nitrogens is 2. The molecule has 1 saturated heterocycles. The van der Waals surface area contributed by atoms with Crippen molar-refractivity contribution >= 4 is 41.6 Å². The van der Waals surface area contributed by atoms with E-state index in [2.05, 4.69) is 25.8 Å². The monoisotopic (exact) mass is 439 g/mol. The summed E-state index contributed by atoms with van der Waals surface area (Å²) in [6, 6.07) is 1.83. The molecule has 0 bridgehead atoms. The summed E-state index contributed by atoms with van der Waals surface area (Å²) in [5, 5.41) is 13.6. The van der Waals surface area contributed by atoms with Crippen molar-refractivity contribution in [2.45, 2.75) is 18.4 Å². The van der Waals surface area contributed by atoms with Gasteiger partial charge in [0.05, 0.1) is 34.9 Å². The van der Waals surface area contributed by atoms with Gasteiger partial charge >= 0.3 is 0 Å². The summed E-state index contributed by atoms with van der Waals surface area (Å²) in [4.78, 5) is 21.8. The Hall–Kier alpha value is -3.21. The average Bonchev–Trinajstić information content (AvgIpc) is 3.02. The number of hydrazone groups is 1. The van der Waals surface area contributed by atoms with Crippen molar-refractivity contribution in [1.82, 2.24) is 14.9 Å². The zero-order chi connectivity index (χ0) is 21.7. The Morgan fingerprint density at radius 1 is 1.40 bits per heavy atom. The van der Waals surface area contributed by atoms with Crippen LogP contribution >= 0.6 is 11.6 Å². The van der Waals surface area contributed by atoms with Crippen LogP contribution in [0.1, 0.15) is 16.8 Å². The number of nitrogens with zero attached hydrogens (tertiary/aromatic N) is 4. The first kappa shape index (κ1) is 21.5. The summed E-state index contributed by atoms with van der Waals surface area (Å²) < 4.78 is 42.8. The van der Waals surface area contributed by atoms with Gasteiger partial charge in [-0.1, -0.05) is 11.6 Å². The number of hydrogen-bond donors (Lipinski definition) is 3. The minimum atomic E-state index is -3.16.